The fourth-order valence-electron chi connectivity index (χ4n) is 1.52. The van der Waals surface area contributed by atoms with E-state index in [1.54, 1.807) is 12.1 Å². The SMILES string of the molecule is O=C(O)/C=C/C(=O)Nc1nc(-c2ccncc2)c(C(=O)O)s1. The van der Waals surface area contributed by atoms with Crippen LogP contribution in [0.5, 0.6) is 0 Å². The average molecular weight is 319 g/mol. The number of carboxylic acid groups (broad SMARTS) is 2. The number of rotatable bonds is 5. The van der Waals surface area contributed by atoms with Gasteiger partial charge < -0.3 is 10.2 Å². The highest BCUT2D eigenvalue weighted by Gasteiger charge is 2.19. The van der Waals surface area contributed by atoms with E-state index in [0.29, 0.717) is 11.6 Å². The van der Waals surface area contributed by atoms with Crippen LogP contribution in [0, 0.1) is 0 Å². The van der Waals surface area contributed by atoms with Crippen LogP contribution in [0.3, 0.4) is 0 Å². The summed E-state index contributed by atoms with van der Waals surface area (Å²) >= 11 is 0.781. The first-order chi connectivity index (χ1) is 10.5. The maximum Gasteiger partial charge on any atom is 0.348 e. The molecular weight excluding hydrogens is 310 g/mol. The molecule has 0 aromatic carbocycles. The third-order valence-corrected chi connectivity index (χ3v) is 3.34. The highest BCUT2D eigenvalue weighted by molar-refractivity contribution is 7.18. The second-order valence-electron chi connectivity index (χ2n) is 3.90. The number of pyridine rings is 1. The van der Waals surface area contributed by atoms with E-state index >= 15 is 0 Å². The summed E-state index contributed by atoms with van der Waals surface area (Å²) in [7, 11) is 0. The topological polar surface area (TPSA) is 129 Å². The number of thiazole rings is 1. The second-order valence-corrected chi connectivity index (χ2v) is 4.90. The zero-order valence-corrected chi connectivity index (χ0v) is 11.7. The molecule has 112 valence electrons. The number of aromatic carboxylic acids is 1. The second kappa shape index (κ2) is 6.59. The summed E-state index contributed by atoms with van der Waals surface area (Å²) in [5.41, 5.74) is 0.752. The summed E-state index contributed by atoms with van der Waals surface area (Å²) in [4.78, 5) is 40.9. The van der Waals surface area contributed by atoms with E-state index in [1.165, 1.54) is 12.4 Å². The molecule has 9 heteroatoms. The molecule has 0 saturated carbocycles. The number of carbonyl (C=O) groups excluding carboxylic acids is 1. The maximum atomic E-state index is 11.5. The fourth-order valence-corrected chi connectivity index (χ4v) is 2.35. The molecule has 1 amide bonds. The third-order valence-electron chi connectivity index (χ3n) is 2.38. The molecule has 8 nitrogen and oxygen atoms in total. The van der Waals surface area contributed by atoms with Gasteiger partial charge in [-0.3, -0.25) is 15.1 Å². The number of hydrogen-bond donors (Lipinski definition) is 3. The standard InChI is InChI=1S/C13H9N3O5S/c17-8(1-2-9(18)19)15-13-16-10(11(22-13)12(20)21)7-3-5-14-6-4-7/h1-6H,(H,18,19)(H,20,21)(H,15,16,17)/b2-1+. The predicted molar refractivity (Wildman–Crippen MR) is 77.7 cm³/mol. The van der Waals surface area contributed by atoms with Crippen LogP contribution in [0.4, 0.5) is 5.13 Å². The number of amides is 1. The molecule has 0 bridgehead atoms. The van der Waals surface area contributed by atoms with Crippen LogP contribution >= 0.6 is 11.3 Å². The molecule has 2 aromatic heterocycles. The van der Waals surface area contributed by atoms with Crippen LogP contribution in [0.25, 0.3) is 11.3 Å². The molecule has 0 radical (unpaired) electrons. The van der Waals surface area contributed by atoms with Gasteiger partial charge in [0, 0.05) is 30.1 Å². The Bertz CT molecular complexity index is 754. The summed E-state index contributed by atoms with van der Waals surface area (Å²) in [5, 5.41) is 20.0. The summed E-state index contributed by atoms with van der Waals surface area (Å²) < 4.78 is 0. The van der Waals surface area contributed by atoms with E-state index in [-0.39, 0.29) is 15.7 Å². The van der Waals surface area contributed by atoms with Gasteiger partial charge in [-0.25, -0.2) is 14.6 Å². The van der Waals surface area contributed by atoms with Crippen molar-refractivity contribution in [3.63, 3.8) is 0 Å². The van der Waals surface area contributed by atoms with Crippen molar-refractivity contribution in [2.24, 2.45) is 0 Å². The Kier molecular flexibility index (Phi) is 4.59. The van der Waals surface area contributed by atoms with Gasteiger partial charge in [0.15, 0.2) is 5.13 Å². The first-order valence-corrected chi connectivity index (χ1v) is 6.65. The first-order valence-electron chi connectivity index (χ1n) is 5.84. The van der Waals surface area contributed by atoms with Crippen molar-refractivity contribution in [2.45, 2.75) is 0 Å². The highest BCUT2D eigenvalue weighted by atomic mass is 32.1. The molecule has 0 saturated heterocycles. The normalized spacial score (nSPS) is 10.5. The van der Waals surface area contributed by atoms with E-state index < -0.39 is 17.8 Å². The molecule has 2 aromatic rings. The molecule has 0 aliphatic rings. The lowest BCUT2D eigenvalue weighted by Crippen LogP contribution is -2.08. The zero-order valence-electron chi connectivity index (χ0n) is 10.9. The Morgan fingerprint density at radius 1 is 1.14 bits per heavy atom. The predicted octanol–water partition coefficient (Wildman–Crippen LogP) is 1.48. The molecule has 0 aliphatic heterocycles. The molecule has 0 spiro atoms. The van der Waals surface area contributed by atoms with Gasteiger partial charge in [0.25, 0.3) is 0 Å². The van der Waals surface area contributed by atoms with Crippen molar-refractivity contribution in [2.75, 3.05) is 5.32 Å². The summed E-state index contributed by atoms with van der Waals surface area (Å²) in [6, 6.07) is 3.19. The number of carbonyl (C=O) groups is 3. The Hall–Kier alpha value is -3.07. The van der Waals surface area contributed by atoms with Crippen molar-refractivity contribution in [1.82, 2.24) is 9.97 Å². The van der Waals surface area contributed by atoms with E-state index in [9.17, 15) is 19.5 Å². The molecule has 0 aliphatic carbocycles. The van der Waals surface area contributed by atoms with Gasteiger partial charge >= 0.3 is 11.9 Å². The van der Waals surface area contributed by atoms with Gasteiger partial charge in [0.2, 0.25) is 5.91 Å². The van der Waals surface area contributed by atoms with E-state index in [0.717, 1.165) is 17.4 Å². The molecule has 0 atom stereocenters. The fraction of sp³-hybridized carbons (Fsp3) is 0. The summed E-state index contributed by atoms with van der Waals surface area (Å²) in [6.45, 7) is 0. The Morgan fingerprint density at radius 3 is 2.41 bits per heavy atom. The maximum absolute atomic E-state index is 11.5. The van der Waals surface area contributed by atoms with Crippen LogP contribution in [0.2, 0.25) is 0 Å². The van der Waals surface area contributed by atoms with Crippen molar-refractivity contribution >= 4 is 34.3 Å². The van der Waals surface area contributed by atoms with Gasteiger partial charge in [0.05, 0.1) is 5.69 Å². The lowest BCUT2D eigenvalue weighted by Gasteiger charge is -1.97. The van der Waals surface area contributed by atoms with Crippen LogP contribution < -0.4 is 5.32 Å². The molecule has 0 unspecified atom stereocenters. The van der Waals surface area contributed by atoms with Gasteiger partial charge in [-0.15, -0.1) is 0 Å². The number of aliphatic carboxylic acids is 1. The molecule has 3 N–H and O–H groups in total. The monoisotopic (exact) mass is 319 g/mol. The Balaban J connectivity index is 2.30. The molecule has 22 heavy (non-hydrogen) atoms. The average Bonchev–Trinajstić information content (AvgIpc) is 2.90. The molecular formula is C13H9N3O5S. The Morgan fingerprint density at radius 2 is 1.82 bits per heavy atom. The third kappa shape index (κ3) is 3.73. The van der Waals surface area contributed by atoms with E-state index in [4.69, 9.17) is 5.11 Å². The van der Waals surface area contributed by atoms with E-state index in [1.807, 2.05) is 0 Å². The van der Waals surface area contributed by atoms with Gasteiger partial charge in [-0.2, -0.15) is 0 Å². The van der Waals surface area contributed by atoms with Gasteiger partial charge in [-0.05, 0) is 12.1 Å². The minimum atomic E-state index is -1.27. The highest BCUT2D eigenvalue weighted by Crippen LogP contribution is 2.30. The number of nitrogens with one attached hydrogen (secondary N) is 1. The van der Waals surface area contributed by atoms with Crippen molar-refractivity contribution in [3.8, 4) is 11.3 Å². The number of nitrogens with zero attached hydrogens (tertiary/aromatic N) is 2. The zero-order chi connectivity index (χ0) is 16.1. The summed E-state index contributed by atoms with van der Waals surface area (Å²) in [6.07, 6.45) is 4.48. The Labute approximate surface area is 127 Å². The van der Waals surface area contributed by atoms with Crippen LogP contribution in [-0.2, 0) is 9.59 Å². The van der Waals surface area contributed by atoms with Crippen LogP contribution in [0.1, 0.15) is 9.67 Å². The summed E-state index contributed by atoms with van der Waals surface area (Å²) in [5.74, 6) is -3.15. The van der Waals surface area contributed by atoms with Crippen molar-refractivity contribution in [3.05, 3.63) is 41.6 Å². The molecule has 2 rings (SSSR count). The van der Waals surface area contributed by atoms with Gasteiger partial charge in [0.1, 0.15) is 4.88 Å². The number of anilines is 1. The molecule has 0 fully saturated rings. The quantitative estimate of drug-likeness (QED) is 0.712. The number of hydrogen-bond acceptors (Lipinski definition) is 6. The van der Waals surface area contributed by atoms with Crippen molar-refractivity contribution in [1.29, 1.82) is 0 Å². The minimum absolute atomic E-state index is 0.0382. The largest absolute Gasteiger partial charge is 0.478 e. The number of aromatic nitrogens is 2. The van der Waals surface area contributed by atoms with Crippen LogP contribution in [-0.4, -0.2) is 38.0 Å². The first kappa shape index (κ1) is 15.3. The van der Waals surface area contributed by atoms with Crippen molar-refractivity contribution < 1.29 is 24.6 Å². The molecule has 2 heterocycles. The lowest BCUT2D eigenvalue weighted by atomic mass is 10.2. The van der Waals surface area contributed by atoms with Crippen LogP contribution in [0.15, 0.2) is 36.7 Å². The smallest absolute Gasteiger partial charge is 0.348 e. The van der Waals surface area contributed by atoms with Gasteiger partial charge in [-0.1, -0.05) is 11.3 Å². The minimum Gasteiger partial charge on any atom is -0.478 e. The number of carboxylic acids is 2. The lowest BCUT2D eigenvalue weighted by molar-refractivity contribution is -0.131. The van der Waals surface area contributed by atoms with E-state index in [2.05, 4.69) is 15.3 Å².